The molecule has 1 aromatic carbocycles. The molecule has 0 aliphatic carbocycles. The van der Waals surface area contributed by atoms with Crippen LogP contribution < -0.4 is 15.4 Å². The Morgan fingerprint density at radius 3 is 3.00 bits per heavy atom. The van der Waals surface area contributed by atoms with Crippen LogP contribution in [0.2, 0.25) is 5.02 Å². The van der Waals surface area contributed by atoms with E-state index in [1.54, 1.807) is 6.07 Å². The number of hydrogen-bond acceptors (Lipinski definition) is 3. The van der Waals surface area contributed by atoms with E-state index in [1.165, 1.54) is 0 Å². The zero-order chi connectivity index (χ0) is 14.5. The van der Waals surface area contributed by atoms with Crippen molar-refractivity contribution in [3.05, 3.63) is 28.8 Å². The molecular formula is C15H22Cl2N2O2. The van der Waals surface area contributed by atoms with Gasteiger partial charge in [0.1, 0.15) is 5.75 Å². The number of ether oxygens (including phenoxy) is 1. The molecule has 1 heterocycles. The standard InChI is InChI=1S/C15H21ClN2O2.ClH/c1-10-6-7-17-8-13(10)18-15(19)9-20-14-5-3-4-12(16)11(14)2;/h3-5,10,13,17H,6-9H2,1-2H3,(H,18,19);1H. The van der Waals surface area contributed by atoms with Crippen molar-refractivity contribution in [2.45, 2.75) is 26.3 Å². The molecular weight excluding hydrogens is 311 g/mol. The second-order valence-electron chi connectivity index (χ2n) is 5.30. The molecule has 0 spiro atoms. The third kappa shape index (κ3) is 5.06. The molecule has 2 N–H and O–H groups in total. The van der Waals surface area contributed by atoms with Crippen LogP contribution in [0, 0.1) is 12.8 Å². The van der Waals surface area contributed by atoms with E-state index < -0.39 is 0 Å². The normalized spacial score (nSPS) is 21.3. The molecule has 0 bridgehead atoms. The maximum Gasteiger partial charge on any atom is 0.258 e. The van der Waals surface area contributed by atoms with E-state index in [0.29, 0.717) is 16.7 Å². The molecule has 0 saturated carbocycles. The molecule has 0 radical (unpaired) electrons. The lowest BCUT2D eigenvalue weighted by molar-refractivity contribution is -0.124. The minimum Gasteiger partial charge on any atom is -0.483 e. The summed E-state index contributed by atoms with van der Waals surface area (Å²) in [4.78, 5) is 11.9. The molecule has 21 heavy (non-hydrogen) atoms. The van der Waals surface area contributed by atoms with Gasteiger partial charge in [-0.05, 0) is 37.9 Å². The van der Waals surface area contributed by atoms with Crippen LogP contribution in [0.25, 0.3) is 0 Å². The Balaban J connectivity index is 0.00000220. The molecule has 1 aromatic rings. The van der Waals surface area contributed by atoms with Gasteiger partial charge in [-0.1, -0.05) is 24.6 Å². The highest BCUT2D eigenvalue weighted by Gasteiger charge is 2.22. The average molecular weight is 333 g/mol. The van der Waals surface area contributed by atoms with E-state index in [0.717, 1.165) is 25.1 Å². The van der Waals surface area contributed by atoms with Gasteiger partial charge in [-0.3, -0.25) is 4.79 Å². The third-order valence-electron chi connectivity index (χ3n) is 3.75. The number of carbonyl (C=O) groups excluding carboxylic acids is 1. The molecule has 1 saturated heterocycles. The summed E-state index contributed by atoms with van der Waals surface area (Å²) in [5.41, 5.74) is 0.856. The van der Waals surface area contributed by atoms with E-state index in [4.69, 9.17) is 16.3 Å². The van der Waals surface area contributed by atoms with Crippen LogP contribution >= 0.6 is 24.0 Å². The van der Waals surface area contributed by atoms with Crippen molar-refractivity contribution in [1.29, 1.82) is 0 Å². The molecule has 1 aliphatic heterocycles. The lowest BCUT2D eigenvalue weighted by atomic mass is 9.95. The maximum absolute atomic E-state index is 11.9. The van der Waals surface area contributed by atoms with Crippen molar-refractivity contribution < 1.29 is 9.53 Å². The van der Waals surface area contributed by atoms with Crippen LogP contribution in [-0.4, -0.2) is 31.6 Å². The van der Waals surface area contributed by atoms with Crippen LogP contribution in [0.1, 0.15) is 18.9 Å². The topological polar surface area (TPSA) is 50.4 Å². The number of nitrogens with one attached hydrogen (secondary N) is 2. The van der Waals surface area contributed by atoms with Gasteiger partial charge >= 0.3 is 0 Å². The lowest BCUT2D eigenvalue weighted by Gasteiger charge is -2.30. The number of amides is 1. The predicted octanol–water partition coefficient (Wildman–Crippen LogP) is 2.56. The van der Waals surface area contributed by atoms with Crippen LogP contribution in [0.5, 0.6) is 5.75 Å². The number of carbonyl (C=O) groups is 1. The summed E-state index contributed by atoms with van der Waals surface area (Å²) in [6.07, 6.45) is 1.08. The Bertz CT molecular complexity index is 483. The number of halogens is 2. The van der Waals surface area contributed by atoms with E-state index in [9.17, 15) is 4.79 Å². The van der Waals surface area contributed by atoms with Crippen LogP contribution in [-0.2, 0) is 4.79 Å². The number of rotatable bonds is 4. The van der Waals surface area contributed by atoms with Gasteiger partial charge in [0, 0.05) is 23.2 Å². The summed E-state index contributed by atoms with van der Waals surface area (Å²) in [6.45, 7) is 5.90. The molecule has 2 unspecified atom stereocenters. The molecule has 2 atom stereocenters. The zero-order valence-corrected chi connectivity index (χ0v) is 13.9. The summed E-state index contributed by atoms with van der Waals surface area (Å²) in [5, 5.41) is 6.95. The predicted molar refractivity (Wildman–Crippen MR) is 87.5 cm³/mol. The van der Waals surface area contributed by atoms with Crippen molar-refractivity contribution in [3.63, 3.8) is 0 Å². The molecule has 4 nitrogen and oxygen atoms in total. The third-order valence-corrected chi connectivity index (χ3v) is 4.16. The van der Waals surface area contributed by atoms with Crippen LogP contribution in [0.3, 0.4) is 0 Å². The van der Waals surface area contributed by atoms with Crippen molar-refractivity contribution in [2.24, 2.45) is 5.92 Å². The van der Waals surface area contributed by atoms with Crippen LogP contribution in [0.15, 0.2) is 18.2 Å². The fourth-order valence-corrected chi connectivity index (χ4v) is 2.48. The van der Waals surface area contributed by atoms with Gasteiger partial charge in [0.25, 0.3) is 5.91 Å². The molecule has 2 rings (SSSR count). The molecule has 6 heteroatoms. The first-order valence-corrected chi connectivity index (χ1v) is 7.33. The Labute approximate surface area is 137 Å². The summed E-state index contributed by atoms with van der Waals surface area (Å²) in [7, 11) is 0. The molecule has 118 valence electrons. The summed E-state index contributed by atoms with van der Waals surface area (Å²) in [5.74, 6) is 1.06. The largest absolute Gasteiger partial charge is 0.483 e. The monoisotopic (exact) mass is 332 g/mol. The van der Waals surface area contributed by atoms with Gasteiger partial charge in [-0.2, -0.15) is 0 Å². The summed E-state index contributed by atoms with van der Waals surface area (Å²) < 4.78 is 5.54. The van der Waals surface area contributed by atoms with Crippen molar-refractivity contribution in [1.82, 2.24) is 10.6 Å². The Hall–Kier alpha value is -0.970. The first kappa shape index (κ1) is 18.1. The maximum atomic E-state index is 11.9. The Kier molecular flexibility index (Phi) is 7.29. The van der Waals surface area contributed by atoms with E-state index >= 15 is 0 Å². The molecule has 1 aliphatic rings. The number of piperidine rings is 1. The van der Waals surface area contributed by atoms with Gasteiger partial charge in [-0.15, -0.1) is 12.4 Å². The van der Waals surface area contributed by atoms with Gasteiger partial charge in [0.15, 0.2) is 6.61 Å². The fourth-order valence-electron chi connectivity index (χ4n) is 2.32. The number of hydrogen-bond donors (Lipinski definition) is 2. The first-order valence-electron chi connectivity index (χ1n) is 6.96. The Morgan fingerprint density at radius 1 is 1.52 bits per heavy atom. The lowest BCUT2D eigenvalue weighted by Crippen LogP contribution is -2.51. The van der Waals surface area contributed by atoms with Gasteiger partial charge in [-0.25, -0.2) is 0 Å². The van der Waals surface area contributed by atoms with Crippen molar-refractivity contribution in [3.8, 4) is 5.75 Å². The molecule has 1 fully saturated rings. The quantitative estimate of drug-likeness (QED) is 0.890. The first-order chi connectivity index (χ1) is 9.58. The molecule has 1 amide bonds. The smallest absolute Gasteiger partial charge is 0.258 e. The van der Waals surface area contributed by atoms with Crippen molar-refractivity contribution in [2.75, 3.05) is 19.7 Å². The second-order valence-corrected chi connectivity index (χ2v) is 5.70. The summed E-state index contributed by atoms with van der Waals surface area (Å²) >= 11 is 6.02. The van der Waals surface area contributed by atoms with E-state index in [-0.39, 0.29) is 31.0 Å². The minimum atomic E-state index is -0.0927. The van der Waals surface area contributed by atoms with Gasteiger partial charge in [0.2, 0.25) is 0 Å². The van der Waals surface area contributed by atoms with Gasteiger partial charge in [0.05, 0.1) is 0 Å². The zero-order valence-electron chi connectivity index (χ0n) is 12.3. The van der Waals surface area contributed by atoms with E-state index in [1.807, 2.05) is 19.1 Å². The molecule has 0 aromatic heterocycles. The highest BCUT2D eigenvalue weighted by Crippen LogP contribution is 2.24. The summed E-state index contributed by atoms with van der Waals surface area (Å²) in [6, 6.07) is 5.62. The minimum absolute atomic E-state index is 0. The average Bonchev–Trinajstić information content (AvgIpc) is 2.43. The number of benzene rings is 1. The van der Waals surface area contributed by atoms with E-state index in [2.05, 4.69) is 17.6 Å². The fraction of sp³-hybridized carbons (Fsp3) is 0.533. The second kappa shape index (κ2) is 8.47. The van der Waals surface area contributed by atoms with Gasteiger partial charge < -0.3 is 15.4 Å². The van der Waals surface area contributed by atoms with Crippen LogP contribution in [0.4, 0.5) is 0 Å². The highest BCUT2D eigenvalue weighted by atomic mass is 35.5. The Morgan fingerprint density at radius 2 is 2.29 bits per heavy atom. The van der Waals surface area contributed by atoms with Crippen molar-refractivity contribution >= 4 is 29.9 Å². The SMILES string of the molecule is Cc1c(Cl)cccc1OCC(=O)NC1CNCCC1C.Cl. The highest BCUT2D eigenvalue weighted by molar-refractivity contribution is 6.31.